The number of aromatic amines is 1. The second kappa shape index (κ2) is 2.30. The first-order chi connectivity index (χ1) is 5.70. The molecule has 5 nitrogen and oxygen atoms in total. The number of H-pyrrole nitrogens is 1. The SMILES string of the molecule is CC1CC1c1n[nH]nc1C(=O)O. The molecule has 1 aliphatic rings. The number of carboxylic acids is 1. The van der Waals surface area contributed by atoms with Gasteiger partial charge in [0.2, 0.25) is 0 Å². The number of rotatable bonds is 2. The van der Waals surface area contributed by atoms with Gasteiger partial charge in [0.1, 0.15) is 5.69 Å². The van der Waals surface area contributed by atoms with Crippen LogP contribution in [-0.4, -0.2) is 26.5 Å². The summed E-state index contributed by atoms with van der Waals surface area (Å²) >= 11 is 0. The minimum atomic E-state index is -1.00. The standard InChI is InChI=1S/C7H9N3O2/c1-3-2-4(3)5-6(7(11)12)9-10-8-5/h3-4H,2H2,1H3,(H,11,12)(H,8,9,10). The molecule has 1 aliphatic carbocycles. The molecular weight excluding hydrogens is 158 g/mol. The van der Waals surface area contributed by atoms with E-state index in [1.54, 1.807) is 0 Å². The van der Waals surface area contributed by atoms with Crippen molar-refractivity contribution in [1.82, 2.24) is 15.4 Å². The van der Waals surface area contributed by atoms with Crippen LogP contribution < -0.4 is 0 Å². The summed E-state index contributed by atoms with van der Waals surface area (Å²) in [7, 11) is 0. The van der Waals surface area contributed by atoms with Gasteiger partial charge in [0, 0.05) is 5.92 Å². The van der Waals surface area contributed by atoms with E-state index in [0.29, 0.717) is 17.5 Å². The van der Waals surface area contributed by atoms with Gasteiger partial charge < -0.3 is 5.11 Å². The van der Waals surface area contributed by atoms with Gasteiger partial charge in [0.15, 0.2) is 5.69 Å². The highest BCUT2D eigenvalue weighted by molar-refractivity contribution is 5.86. The third-order valence-electron chi connectivity index (χ3n) is 2.24. The maximum atomic E-state index is 10.6. The molecule has 0 aliphatic heterocycles. The van der Waals surface area contributed by atoms with E-state index in [1.807, 2.05) is 0 Å². The van der Waals surface area contributed by atoms with Gasteiger partial charge >= 0.3 is 5.97 Å². The van der Waals surface area contributed by atoms with Crippen molar-refractivity contribution in [2.75, 3.05) is 0 Å². The molecule has 0 radical (unpaired) electrons. The topological polar surface area (TPSA) is 78.9 Å². The van der Waals surface area contributed by atoms with Crippen molar-refractivity contribution in [2.45, 2.75) is 19.3 Å². The van der Waals surface area contributed by atoms with Crippen molar-refractivity contribution in [3.63, 3.8) is 0 Å². The second-order valence-corrected chi connectivity index (χ2v) is 3.18. The third-order valence-corrected chi connectivity index (χ3v) is 2.24. The summed E-state index contributed by atoms with van der Waals surface area (Å²) in [5.74, 6) is -0.152. The molecular formula is C7H9N3O2. The molecule has 1 fully saturated rings. The van der Waals surface area contributed by atoms with E-state index in [1.165, 1.54) is 0 Å². The lowest BCUT2D eigenvalue weighted by atomic mass is 10.2. The molecule has 2 rings (SSSR count). The Bertz CT molecular complexity index is 320. The molecule has 1 aromatic heterocycles. The Morgan fingerprint density at radius 2 is 2.33 bits per heavy atom. The Morgan fingerprint density at radius 3 is 2.83 bits per heavy atom. The normalized spacial score (nSPS) is 27.1. The molecule has 0 spiro atoms. The van der Waals surface area contributed by atoms with Crippen molar-refractivity contribution >= 4 is 5.97 Å². The quantitative estimate of drug-likeness (QED) is 0.677. The minimum Gasteiger partial charge on any atom is -0.476 e. The maximum absolute atomic E-state index is 10.6. The summed E-state index contributed by atoms with van der Waals surface area (Å²) in [6.07, 6.45) is 1.02. The molecule has 2 N–H and O–H groups in total. The number of nitrogens with zero attached hydrogens (tertiary/aromatic N) is 2. The fourth-order valence-corrected chi connectivity index (χ4v) is 1.36. The van der Waals surface area contributed by atoms with Crippen LogP contribution in [0.5, 0.6) is 0 Å². The molecule has 2 unspecified atom stereocenters. The molecule has 0 amide bonds. The van der Waals surface area contributed by atoms with Crippen LogP contribution in [0.1, 0.15) is 35.4 Å². The van der Waals surface area contributed by atoms with E-state index < -0.39 is 5.97 Å². The molecule has 64 valence electrons. The lowest BCUT2D eigenvalue weighted by Crippen LogP contribution is -2.01. The zero-order valence-electron chi connectivity index (χ0n) is 6.61. The Morgan fingerprint density at radius 1 is 1.67 bits per heavy atom. The van der Waals surface area contributed by atoms with E-state index in [4.69, 9.17) is 5.11 Å². The fourth-order valence-electron chi connectivity index (χ4n) is 1.36. The Kier molecular flexibility index (Phi) is 1.39. The van der Waals surface area contributed by atoms with Gasteiger partial charge in [-0.1, -0.05) is 6.92 Å². The predicted molar refractivity (Wildman–Crippen MR) is 39.9 cm³/mol. The summed E-state index contributed by atoms with van der Waals surface area (Å²) in [6.45, 7) is 2.07. The van der Waals surface area contributed by atoms with E-state index >= 15 is 0 Å². The van der Waals surface area contributed by atoms with Crippen LogP contribution in [-0.2, 0) is 0 Å². The molecule has 12 heavy (non-hydrogen) atoms. The van der Waals surface area contributed by atoms with Gasteiger partial charge in [0.05, 0.1) is 0 Å². The first-order valence-corrected chi connectivity index (χ1v) is 3.84. The number of aromatic nitrogens is 3. The summed E-state index contributed by atoms with van der Waals surface area (Å²) < 4.78 is 0. The van der Waals surface area contributed by atoms with E-state index in [2.05, 4.69) is 22.3 Å². The molecule has 0 saturated heterocycles. The third kappa shape index (κ3) is 0.975. The van der Waals surface area contributed by atoms with Crippen LogP contribution in [0.2, 0.25) is 0 Å². The van der Waals surface area contributed by atoms with E-state index in [0.717, 1.165) is 6.42 Å². The second-order valence-electron chi connectivity index (χ2n) is 3.18. The van der Waals surface area contributed by atoms with Crippen molar-refractivity contribution < 1.29 is 9.90 Å². The number of aromatic carboxylic acids is 1. The van der Waals surface area contributed by atoms with Crippen LogP contribution in [0.15, 0.2) is 0 Å². The van der Waals surface area contributed by atoms with Crippen molar-refractivity contribution in [3.05, 3.63) is 11.4 Å². The molecule has 1 heterocycles. The first kappa shape index (κ1) is 7.27. The van der Waals surface area contributed by atoms with Gasteiger partial charge in [-0.2, -0.15) is 10.3 Å². The number of hydrogen-bond donors (Lipinski definition) is 2. The molecule has 1 saturated carbocycles. The van der Waals surface area contributed by atoms with Crippen LogP contribution in [0, 0.1) is 5.92 Å². The van der Waals surface area contributed by atoms with Gasteiger partial charge in [-0.15, -0.1) is 5.10 Å². The summed E-state index contributed by atoms with van der Waals surface area (Å²) in [5, 5.41) is 18.4. The maximum Gasteiger partial charge on any atom is 0.358 e. The predicted octanol–water partition coefficient (Wildman–Crippen LogP) is 0.626. The summed E-state index contributed by atoms with van der Waals surface area (Å²) in [5.41, 5.74) is 0.680. The van der Waals surface area contributed by atoms with Crippen LogP contribution >= 0.6 is 0 Å². The van der Waals surface area contributed by atoms with Crippen LogP contribution in [0.3, 0.4) is 0 Å². The van der Waals surface area contributed by atoms with Crippen molar-refractivity contribution in [1.29, 1.82) is 0 Å². The summed E-state index contributed by atoms with van der Waals surface area (Å²) in [4.78, 5) is 10.6. The molecule has 0 bridgehead atoms. The molecule has 2 atom stereocenters. The molecule has 1 aromatic rings. The Labute approximate surface area is 68.8 Å². The van der Waals surface area contributed by atoms with Gasteiger partial charge in [0.25, 0.3) is 0 Å². The Balaban J connectivity index is 2.31. The highest BCUT2D eigenvalue weighted by atomic mass is 16.4. The van der Waals surface area contributed by atoms with Crippen molar-refractivity contribution in [3.8, 4) is 0 Å². The van der Waals surface area contributed by atoms with Gasteiger partial charge in [-0.05, 0) is 12.3 Å². The molecule has 0 aromatic carbocycles. The number of hydrogen-bond acceptors (Lipinski definition) is 3. The smallest absolute Gasteiger partial charge is 0.358 e. The monoisotopic (exact) mass is 167 g/mol. The fraction of sp³-hybridized carbons (Fsp3) is 0.571. The van der Waals surface area contributed by atoms with Crippen LogP contribution in [0.25, 0.3) is 0 Å². The Hall–Kier alpha value is -1.39. The number of nitrogens with one attached hydrogen (secondary N) is 1. The molecule has 5 heteroatoms. The minimum absolute atomic E-state index is 0.0735. The van der Waals surface area contributed by atoms with E-state index in [-0.39, 0.29) is 5.69 Å². The zero-order chi connectivity index (χ0) is 8.72. The highest BCUT2D eigenvalue weighted by Gasteiger charge is 2.39. The zero-order valence-corrected chi connectivity index (χ0v) is 6.61. The number of carboxylic acid groups (broad SMARTS) is 1. The van der Waals surface area contributed by atoms with Crippen molar-refractivity contribution in [2.24, 2.45) is 5.92 Å². The lowest BCUT2D eigenvalue weighted by Gasteiger charge is -1.90. The van der Waals surface area contributed by atoms with Gasteiger partial charge in [-0.25, -0.2) is 4.79 Å². The first-order valence-electron chi connectivity index (χ1n) is 3.84. The van der Waals surface area contributed by atoms with Gasteiger partial charge in [-0.3, -0.25) is 0 Å². The number of carbonyl (C=O) groups is 1. The largest absolute Gasteiger partial charge is 0.476 e. The average molecular weight is 167 g/mol. The summed E-state index contributed by atoms with van der Waals surface area (Å²) in [6, 6.07) is 0. The average Bonchev–Trinajstić information content (AvgIpc) is 2.58. The highest BCUT2D eigenvalue weighted by Crippen LogP contribution is 2.46. The van der Waals surface area contributed by atoms with E-state index in [9.17, 15) is 4.79 Å². The lowest BCUT2D eigenvalue weighted by molar-refractivity contribution is 0.0689. The van der Waals surface area contributed by atoms with Crippen LogP contribution in [0.4, 0.5) is 0 Å².